The van der Waals surface area contributed by atoms with Crippen LogP contribution in [0, 0.1) is 0 Å². The minimum Gasteiger partial charge on any atom is -0.356 e. The lowest BCUT2D eigenvalue weighted by Gasteiger charge is -2.14. The minimum atomic E-state index is 0.214. The van der Waals surface area contributed by atoms with Gasteiger partial charge < -0.3 is 9.80 Å². The van der Waals surface area contributed by atoms with Gasteiger partial charge in [0.25, 0.3) is 0 Å². The van der Waals surface area contributed by atoms with Gasteiger partial charge in [0, 0.05) is 13.0 Å². The fourth-order valence-corrected chi connectivity index (χ4v) is 0.727. The Bertz CT molecular complexity index is 124. The van der Waals surface area contributed by atoms with E-state index in [1.54, 1.807) is 0 Å². The predicted molar refractivity (Wildman–Crippen MR) is 50.8 cm³/mol. The molecule has 1 aliphatic heterocycles. The van der Waals surface area contributed by atoms with Crippen LogP contribution in [0.3, 0.4) is 0 Å². The Labute approximate surface area is 75.3 Å². The number of carbonyl (C=O) groups excluding carboxylic acids is 1. The second kappa shape index (κ2) is 5.14. The highest BCUT2D eigenvalue weighted by Gasteiger charge is 2.04. The van der Waals surface area contributed by atoms with Crippen LogP contribution in [0.15, 0.2) is 0 Å². The molecule has 0 aromatic rings. The Balaban J connectivity index is 0.000000217. The number of hydrogen-bond acceptors (Lipinski definition) is 1. The van der Waals surface area contributed by atoms with Crippen LogP contribution in [0.25, 0.3) is 0 Å². The van der Waals surface area contributed by atoms with Crippen molar-refractivity contribution in [2.45, 2.75) is 19.3 Å². The number of quaternary nitrogens is 1. The van der Waals surface area contributed by atoms with Gasteiger partial charge in [-0.25, -0.2) is 0 Å². The molecular weight excluding hydrogens is 152 g/mol. The highest BCUT2D eigenvalue weighted by Crippen LogP contribution is 1.98. The maximum Gasteiger partial charge on any atom is 0.219 e. The van der Waals surface area contributed by atoms with Gasteiger partial charge in [-0.3, -0.25) is 4.79 Å². The zero-order chi connectivity index (χ0) is 9.61. The number of piperidine rings is 1. The quantitative estimate of drug-likeness (QED) is 0.534. The number of carbonyl (C=O) groups is 1. The molecule has 1 rings (SSSR count). The van der Waals surface area contributed by atoms with Crippen molar-refractivity contribution in [2.24, 2.45) is 0 Å². The first-order valence-corrected chi connectivity index (χ1v) is 4.45. The van der Waals surface area contributed by atoms with Crippen molar-refractivity contribution in [3.05, 3.63) is 0 Å². The average Bonchev–Trinajstić information content (AvgIpc) is 1.85. The molecule has 3 nitrogen and oxygen atoms in total. The van der Waals surface area contributed by atoms with Crippen LogP contribution < -0.4 is 5.32 Å². The van der Waals surface area contributed by atoms with Crippen molar-refractivity contribution in [1.29, 1.82) is 0 Å². The normalized spacial score (nSPS) is 17.5. The van der Waals surface area contributed by atoms with Crippen LogP contribution in [0.4, 0.5) is 0 Å². The summed E-state index contributed by atoms with van der Waals surface area (Å²) < 4.78 is 1.00. The van der Waals surface area contributed by atoms with Crippen LogP contribution in [0.5, 0.6) is 0 Å². The molecule has 12 heavy (non-hydrogen) atoms. The molecule has 0 aromatic carbocycles. The summed E-state index contributed by atoms with van der Waals surface area (Å²) in [5.74, 6) is 0.214. The number of nitrogens with one attached hydrogen (secondary N) is 1. The van der Waals surface area contributed by atoms with E-state index in [1.165, 1.54) is 0 Å². The molecule has 1 fully saturated rings. The molecule has 0 unspecified atom stereocenters. The first-order chi connectivity index (χ1) is 5.39. The summed E-state index contributed by atoms with van der Waals surface area (Å²) >= 11 is 0. The molecule has 1 heterocycles. The summed E-state index contributed by atoms with van der Waals surface area (Å²) in [6, 6.07) is 0. The SMILES string of the molecule is C[N+](C)(C)C.O=C1CCCCN1. The molecular formula is C9H21N2O+. The smallest absolute Gasteiger partial charge is 0.219 e. The van der Waals surface area contributed by atoms with Gasteiger partial charge in [0.15, 0.2) is 0 Å². The van der Waals surface area contributed by atoms with Crippen molar-refractivity contribution >= 4 is 5.91 Å². The summed E-state index contributed by atoms with van der Waals surface area (Å²) in [6.07, 6.45) is 2.97. The van der Waals surface area contributed by atoms with Crippen molar-refractivity contribution in [2.75, 3.05) is 34.7 Å². The van der Waals surface area contributed by atoms with Gasteiger partial charge in [-0.2, -0.15) is 0 Å². The maximum absolute atomic E-state index is 10.4. The average molecular weight is 173 g/mol. The summed E-state index contributed by atoms with van der Waals surface area (Å²) in [5.41, 5.74) is 0. The monoisotopic (exact) mass is 173 g/mol. The highest BCUT2D eigenvalue weighted by molar-refractivity contribution is 5.76. The van der Waals surface area contributed by atoms with Crippen LogP contribution in [0.1, 0.15) is 19.3 Å². The second-order valence-corrected chi connectivity index (χ2v) is 4.49. The van der Waals surface area contributed by atoms with E-state index in [0.29, 0.717) is 0 Å². The fraction of sp³-hybridized carbons (Fsp3) is 0.889. The van der Waals surface area contributed by atoms with Crippen molar-refractivity contribution < 1.29 is 9.28 Å². The molecule has 0 bridgehead atoms. The second-order valence-electron chi connectivity index (χ2n) is 4.49. The van der Waals surface area contributed by atoms with Gasteiger partial charge in [0.2, 0.25) is 5.91 Å². The van der Waals surface area contributed by atoms with E-state index >= 15 is 0 Å². The third kappa shape index (κ3) is 12.1. The highest BCUT2D eigenvalue weighted by atomic mass is 16.1. The standard InChI is InChI=1S/C5H9NO.C4H12N/c7-5-3-1-2-4-6-5;1-5(2,3)4/h1-4H2,(H,6,7);1-4H3/q;+1. The number of rotatable bonds is 0. The molecule has 1 aliphatic rings. The van der Waals surface area contributed by atoms with E-state index in [9.17, 15) is 4.79 Å². The number of hydrogen-bond donors (Lipinski definition) is 1. The van der Waals surface area contributed by atoms with Gasteiger partial charge in [-0.15, -0.1) is 0 Å². The van der Waals surface area contributed by atoms with Gasteiger partial charge in [0.05, 0.1) is 28.2 Å². The Kier molecular flexibility index (Phi) is 4.90. The lowest BCUT2D eigenvalue weighted by molar-refractivity contribution is -0.849. The van der Waals surface area contributed by atoms with E-state index in [-0.39, 0.29) is 5.91 Å². The molecule has 0 spiro atoms. The van der Waals surface area contributed by atoms with Crippen molar-refractivity contribution in [3.8, 4) is 0 Å². The van der Waals surface area contributed by atoms with E-state index in [4.69, 9.17) is 0 Å². The Morgan fingerprint density at radius 2 is 1.67 bits per heavy atom. The van der Waals surface area contributed by atoms with Crippen LogP contribution >= 0.6 is 0 Å². The fourth-order valence-electron chi connectivity index (χ4n) is 0.727. The molecule has 0 atom stereocenters. The van der Waals surface area contributed by atoms with Crippen molar-refractivity contribution in [1.82, 2.24) is 5.32 Å². The Hall–Kier alpha value is -0.570. The van der Waals surface area contributed by atoms with E-state index < -0.39 is 0 Å². The Morgan fingerprint density at radius 3 is 1.83 bits per heavy atom. The Morgan fingerprint density at radius 1 is 1.17 bits per heavy atom. The molecule has 1 N–H and O–H groups in total. The van der Waals surface area contributed by atoms with Crippen LogP contribution in [-0.4, -0.2) is 45.1 Å². The largest absolute Gasteiger partial charge is 0.356 e. The lowest BCUT2D eigenvalue weighted by atomic mass is 10.2. The molecule has 0 aromatic heterocycles. The first-order valence-electron chi connectivity index (χ1n) is 4.45. The molecule has 0 saturated carbocycles. The summed E-state index contributed by atoms with van der Waals surface area (Å²) in [6.45, 7) is 0.888. The zero-order valence-electron chi connectivity index (χ0n) is 8.68. The molecule has 0 aliphatic carbocycles. The topological polar surface area (TPSA) is 29.1 Å². The third-order valence-electron chi connectivity index (χ3n) is 1.15. The van der Waals surface area contributed by atoms with Gasteiger partial charge in [-0.1, -0.05) is 0 Å². The van der Waals surface area contributed by atoms with Gasteiger partial charge in [-0.05, 0) is 12.8 Å². The molecule has 1 saturated heterocycles. The van der Waals surface area contributed by atoms with Crippen LogP contribution in [0.2, 0.25) is 0 Å². The molecule has 1 amide bonds. The van der Waals surface area contributed by atoms with Gasteiger partial charge in [0.1, 0.15) is 0 Å². The number of nitrogens with zero attached hydrogens (tertiary/aromatic N) is 1. The van der Waals surface area contributed by atoms with Crippen molar-refractivity contribution in [3.63, 3.8) is 0 Å². The summed E-state index contributed by atoms with van der Waals surface area (Å²) in [5, 5.41) is 2.74. The van der Waals surface area contributed by atoms with Gasteiger partial charge >= 0.3 is 0 Å². The van der Waals surface area contributed by atoms with E-state index in [2.05, 4.69) is 33.5 Å². The maximum atomic E-state index is 10.4. The first kappa shape index (κ1) is 11.4. The number of amides is 1. The van der Waals surface area contributed by atoms with E-state index in [1.807, 2.05) is 0 Å². The molecule has 72 valence electrons. The molecule has 0 radical (unpaired) electrons. The van der Waals surface area contributed by atoms with E-state index in [0.717, 1.165) is 30.3 Å². The third-order valence-corrected chi connectivity index (χ3v) is 1.15. The van der Waals surface area contributed by atoms with Crippen LogP contribution in [-0.2, 0) is 4.79 Å². The minimum absolute atomic E-state index is 0.214. The zero-order valence-corrected chi connectivity index (χ0v) is 8.68. The lowest BCUT2D eigenvalue weighted by Crippen LogP contribution is -2.28. The predicted octanol–water partition coefficient (Wildman–Crippen LogP) is 0.609. The molecule has 3 heteroatoms. The summed E-state index contributed by atoms with van der Waals surface area (Å²) in [7, 11) is 8.50. The summed E-state index contributed by atoms with van der Waals surface area (Å²) in [4.78, 5) is 10.4.